The fraction of sp³-hybridized carbons (Fsp3) is 0.462. The van der Waals surface area contributed by atoms with Crippen molar-refractivity contribution in [1.29, 1.82) is 0 Å². The van der Waals surface area contributed by atoms with E-state index in [2.05, 4.69) is 20.6 Å². The van der Waals surface area contributed by atoms with Crippen LogP contribution in [0.5, 0.6) is 0 Å². The highest BCUT2D eigenvalue weighted by Crippen LogP contribution is 2.22. The van der Waals surface area contributed by atoms with Gasteiger partial charge in [-0.3, -0.25) is 14.9 Å². The van der Waals surface area contributed by atoms with Crippen molar-refractivity contribution in [3.8, 4) is 0 Å². The van der Waals surface area contributed by atoms with Crippen LogP contribution >= 0.6 is 11.3 Å². The average Bonchev–Trinajstić information content (AvgIpc) is 2.95. The minimum Gasteiger partial charge on any atom is -0.383 e. The Morgan fingerprint density at radius 3 is 2.82 bits per heavy atom. The first-order valence-electron chi connectivity index (χ1n) is 6.73. The monoisotopic (exact) mass is 323 g/mol. The van der Waals surface area contributed by atoms with Gasteiger partial charge in [0.05, 0.1) is 13.2 Å². The van der Waals surface area contributed by atoms with Gasteiger partial charge in [-0.25, -0.2) is 4.68 Å². The minimum atomic E-state index is -0.433. The van der Waals surface area contributed by atoms with E-state index in [1.54, 1.807) is 0 Å². The van der Waals surface area contributed by atoms with Gasteiger partial charge in [-0.2, -0.15) is 5.10 Å². The molecule has 22 heavy (non-hydrogen) atoms. The van der Waals surface area contributed by atoms with Crippen molar-refractivity contribution < 1.29 is 9.53 Å². The summed E-state index contributed by atoms with van der Waals surface area (Å²) in [5.74, 6) is -0.185. The molecule has 0 radical (unpaired) electrons. The smallest absolute Gasteiger partial charge is 0.277 e. The predicted octanol–water partition coefficient (Wildman–Crippen LogP) is 1.12. The predicted molar refractivity (Wildman–Crippen MR) is 82.3 cm³/mol. The first kappa shape index (κ1) is 16.2. The van der Waals surface area contributed by atoms with E-state index in [4.69, 9.17) is 4.74 Å². The summed E-state index contributed by atoms with van der Waals surface area (Å²) in [6.07, 6.45) is 0. The first-order chi connectivity index (χ1) is 10.5. The van der Waals surface area contributed by atoms with Gasteiger partial charge in [0.1, 0.15) is 10.7 Å². The Balaban J connectivity index is 2.13. The summed E-state index contributed by atoms with van der Waals surface area (Å²) in [5.41, 5.74) is -0.149. The van der Waals surface area contributed by atoms with Crippen molar-refractivity contribution in [3.63, 3.8) is 0 Å². The van der Waals surface area contributed by atoms with Gasteiger partial charge in [0, 0.05) is 19.1 Å². The fourth-order valence-electron chi connectivity index (χ4n) is 1.59. The molecule has 0 aliphatic rings. The van der Waals surface area contributed by atoms with E-state index < -0.39 is 5.91 Å². The van der Waals surface area contributed by atoms with E-state index in [1.807, 2.05) is 13.8 Å². The Morgan fingerprint density at radius 2 is 2.18 bits per heavy atom. The van der Waals surface area contributed by atoms with Gasteiger partial charge in [0.25, 0.3) is 11.5 Å². The number of anilines is 1. The lowest BCUT2D eigenvalue weighted by Gasteiger charge is -2.05. The second-order valence-electron chi connectivity index (χ2n) is 4.83. The van der Waals surface area contributed by atoms with Crippen molar-refractivity contribution in [2.24, 2.45) is 0 Å². The number of carbonyl (C=O) groups is 1. The van der Waals surface area contributed by atoms with Gasteiger partial charge in [-0.1, -0.05) is 25.2 Å². The molecule has 2 heterocycles. The molecule has 0 fully saturated rings. The van der Waals surface area contributed by atoms with E-state index in [1.165, 1.54) is 35.3 Å². The Kier molecular flexibility index (Phi) is 5.34. The number of aromatic nitrogens is 4. The molecular weight excluding hydrogens is 306 g/mol. The maximum absolute atomic E-state index is 12.1. The fourth-order valence-corrected chi connectivity index (χ4v) is 2.33. The van der Waals surface area contributed by atoms with Crippen LogP contribution in [0.15, 0.2) is 16.9 Å². The van der Waals surface area contributed by atoms with E-state index >= 15 is 0 Å². The SMILES string of the molecule is COCCn1nc(C(=O)Nc2nnc(C(C)C)s2)ccc1=O. The van der Waals surface area contributed by atoms with Gasteiger partial charge in [0.15, 0.2) is 0 Å². The molecule has 0 aliphatic heterocycles. The average molecular weight is 323 g/mol. The lowest BCUT2D eigenvalue weighted by molar-refractivity contribution is 0.101. The zero-order valence-corrected chi connectivity index (χ0v) is 13.4. The topological polar surface area (TPSA) is 99.0 Å². The van der Waals surface area contributed by atoms with Crippen LogP contribution in [-0.4, -0.2) is 39.6 Å². The molecule has 1 N–H and O–H groups in total. The van der Waals surface area contributed by atoms with Crippen LogP contribution < -0.4 is 10.9 Å². The van der Waals surface area contributed by atoms with Crippen LogP contribution in [-0.2, 0) is 11.3 Å². The zero-order valence-electron chi connectivity index (χ0n) is 12.6. The molecule has 0 atom stereocenters. The maximum Gasteiger partial charge on any atom is 0.277 e. The van der Waals surface area contributed by atoms with Crippen LogP contribution in [0, 0.1) is 0 Å². The molecule has 0 saturated carbocycles. The van der Waals surface area contributed by atoms with E-state index in [-0.39, 0.29) is 23.7 Å². The quantitative estimate of drug-likeness (QED) is 0.855. The molecular formula is C13H17N5O3S. The summed E-state index contributed by atoms with van der Waals surface area (Å²) < 4.78 is 6.10. The van der Waals surface area contributed by atoms with Gasteiger partial charge in [-0.15, -0.1) is 10.2 Å². The highest BCUT2D eigenvalue weighted by atomic mass is 32.1. The molecule has 9 heteroatoms. The lowest BCUT2D eigenvalue weighted by atomic mass is 10.2. The van der Waals surface area contributed by atoms with Crippen molar-refractivity contribution in [3.05, 3.63) is 33.2 Å². The molecule has 0 saturated heterocycles. The minimum absolute atomic E-state index is 0.136. The molecule has 0 unspecified atom stereocenters. The Bertz CT molecular complexity index is 710. The standard InChI is InChI=1S/C13H17N5O3S/c1-8(2)12-15-16-13(22-12)14-11(20)9-4-5-10(19)18(17-9)6-7-21-3/h4-5,8H,6-7H2,1-3H3,(H,14,16,20). The number of methoxy groups -OCH3 is 1. The van der Waals surface area contributed by atoms with E-state index in [9.17, 15) is 9.59 Å². The molecule has 2 aromatic heterocycles. The van der Waals surface area contributed by atoms with Crippen molar-refractivity contribution >= 4 is 22.4 Å². The van der Waals surface area contributed by atoms with Crippen molar-refractivity contribution in [2.45, 2.75) is 26.3 Å². The number of hydrogen-bond acceptors (Lipinski definition) is 7. The molecule has 118 valence electrons. The summed E-state index contributed by atoms with van der Waals surface area (Å²) >= 11 is 1.31. The highest BCUT2D eigenvalue weighted by Gasteiger charge is 2.14. The molecule has 0 spiro atoms. The van der Waals surface area contributed by atoms with E-state index in [0.717, 1.165) is 5.01 Å². The first-order valence-corrected chi connectivity index (χ1v) is 7.54. The Hall–Kier alpha value is -2.13. The van der Waals surface area contributed by atoms with Crippen LogP contribution in [0.25, 0.3) is 0 Å². The molecule has 0 aromatic carbocycles. The third-order valence-electron chi connectivity index (χ3n) is 2.76. The third-order valence-corrected chi connectivity index (χ3v) is 3.90. The van der Waals surface area contributed by atoms with Crippen LogP contribution in [0.1, 0.15) is 35.3 Å². The van der Waals surface area contributed by atoms with Gasteiger partial charge in [0.2, 0.25) is 5.13 Å². The number of ether oxygens (including phenoxy) is 1. The van der Waals surface area contributed by atoms with Crippen molar-refractivity contribution in [2.75, 3.05) is 19.0 Å². The lowest BCUT2D eigenvalue weighted by Crippen LogP contribution is -2.27. The number of nitrogens with zero attached hydrogens (tertiary/aromatic N) is 4. The zero-order chi connectivity index (χ0) is 16.1. The number of carbonyl (C=O) groups excluding carboxylic acids is 1. The second kappa shape index (κ2) is 7.23. The molecule has 2 rings (SSSR count). The van der Waals surface area contributed by atoms with Crippen LogP contribution in [0.2, 0.25) is 0 Å². The number of rotatable bonds is 6. The second-order valence-corrected chi connectivity index (χ2v) is 5.84. The third kappa shape index (κ3) is 3.95. The number of nitrogens with one attached hydrogen (secondary N) is 1. The number of hydrogen-bond donors (Lipinski definition) is 1. The normalized spacial score (nSPS) is 10.9. The summed E-state index contributed by atoms with van der Waals surface area (Å²) in [6, 6.07) is 2.68. The van der Waals surface area contributed by atoms with Gasteiger partial charge in [-0.05, 0) is 6.07 Å². The number of amides is 1. The van der Waals surface area contributed by atoms with Gasteiger partial charge >= 0.3 is 0 Å². The molecule has 0 bridgehead atoms. The van der Waals surface area contributed by atoms with Crippen molar-refractivity contribution in [1.82, 2.24) is 20.0 Å². The molecule has 0 aliphatic carbocycles. The molecule has 8 nitrogen and oxygen atoms in total. The Labute approximate surface area is 131 Å². The summed E-state index contributed by atoms with van der Waals surface area (Å²) in [5, 5.41) is 15.8. The summed E-state index contributed by atoms with van der Waals surface area (Å²) in [6.45, 7) is 4.62. The largest absolute Gasteiger partial charge is 0.383 e. The van der Waals surface area contributed by atoms with Crippen LogP contribution in [0.4, 0.5) is 5.13 Å². The molecule has 1 amide bonds. The molecule has 2 aromatic rings. The van der Waals surface area contributed by atoms with Crippen LogP contribution in [0.3, 0.4) is 0 Å². The van der Waals surface area contributed by atoms with Gasteiger partial charge < -0.3 is 4.74 Å². The maximum atomic E-state index is 12.1. The highest BCUT2D eigenvalue weighted by molar-refractivity contribution is 7.15. The summed E-state index contributed by atoms with van der Waals surface area (Å²) in [7, 11) is 1.53. The summed E-state index contributed by atoms with van der Waals surface area (Å²) in [4.78, 5) is 23.8. The Morgan fingerprint density at radius 1 is 1.41 bits per heavy atom. The van der Waals surface area contributed by atoms with E-state index in [0.29, 0.717) is 11.7 Å².